The number of thiazole rings is 1. The molecule has 8 heteroatoms. The highest BCUT2D eigenvalue weighted by molar-refractivity contribution is 7.16. The lowest BCUT2D eigenvalue weighted by Gasteiger charge is -2.39. The highest BCUT2D eigenvalue weighted by Gasteiger charge is 2.49. The average molecular weight is 465 g/mol. The summed E-state index contributed by atoms with van der Waals surface area (Å²) in [5.74, 6) is 0. The molecule has 6 nitrogen and oxygen atoms in total. The number of likely N-dealkylation sites (tertiary alicyclic amines) is 1. The molecule has 1 aliphatic rings. The van der Waals surface area contributed by atoms with E-state index in [4.69, 9.17) is 9.16 Å². The average Bonchev–Trinajstić information content (AvgIpc) is 3.18. The maximum Gasteiger partial charge on any atom is 0.410 e. The van der Waals surface area contributed by atoms with Gasteiger partial charge in [0, 0.05) is 0 Å². The number of carbonyl (C=O) groups is 1. The summed E-state index contributed by atoms with van der Waals surface area (Å²) in [5.41, 5.74) is 3.19. The van der Waals surface area contributed by atoms with Gasteiger partial charge in [-0.2, -0.15) is 0 Å². The fraction of sp³-hybridized carbons (Fsp3) is 0.652. The maximum absolute atomic E-state index is 13.0. The molecule has 172 valence electrons. The third kappa shape index (κ3) is 5.48. The van der Waals surface area contributed by atoms with Crippen molar-refractivity contribution in [2.45, 2.75) is 89.9 Å². The van der Waals surface area contributed by atoms with Crippen LogP contribution < -0.4 is 0 Å². The minimum atomic E-state index is -2.12. The molecule has 1 fully saturated rings. The topological polar surface area (TPSA) is 71.9 Å². The molecule has 3 rings (SSSR count). The number of amides is 1. The first-order chi connectivity index (χ1) is 14.2. The number of hydrogen-bond acceptors (Lipinski definition) is 6. The Balaban J connectivity index is 1.87. The van der Waals surface area contributed by atoms with Gasteiger partial charge < -0.3 is 14.3 Å². The van der Waals surface area contributed by atoms with Gasteiger partial charge in [-0.1, -0.05) is 26.8 Å². The van der Waals surface area contributed by atoms with Crippen molar-refractivity contribution in [2.24, 2.45) is 0 Å². The summed E-state index contributed by atoms with van der Waals surface area (Å²) in [6.07, 6.45) is -1.10. The zero-order chi connectivity index (χ0) is 23.2. The molecular weight excluding hydrogens is 428 g/mol. The van der Waals surface area contributed by atoms with Crippen LogP contribution in [0.15, 0.2) is 23.7 Å². The number of nitrogens with zero attached hydrogens (tertiary/aromatic N) is 2. The lowest BCUT2D eigenvalue weighted by molar-refractivity contribution is 0.0143. The van der Waals surface area contributed by atoms with Gasteiger partial charge in [-0.25, -0.2) is 9.78 Å². The summed E-state index contributed by atoms with van der Waals surface area (Å²) < 4.78 is 13.3. The Labute approximate surface area is 190 Å². The van der Waals surface area contributed by atoms with Crippen molar-refractivity contribution in [2.75, 3.05) is 6.54 Å². The van der Waals surface area contributed by atoms with E-state index in [-0.39, 0.29) is 5.04 Å². The third-order valence-corrected chi connectivity index (χ3v) is 11.6. The Morgan fingerprint density at radius 2 is 1.94 bits per heavy atom. The second-order valence-electron chi connectivity index (χ2n) is 11.0. The zero-order valence-corrected chi connectivity index (χ0v) is 21.7. The summed E-state index contributed by atoms with van der Waals surface area (Å²) in [7, 11) is -2.12. The molecule has 1 amide bonds. The van der Waals surface area contributed by atoms with Crippen molar-refractivity contribution in [3.63, 3.8) is 0 Å². The number of rotatable bonds is 4. The van der Waals surface area contributed by atoms with Crippen molar-refractivity contribution in [1.82, 2.24) is 9.88 Å². The van der Waals surface area contributed by atoms with Crippen LogP contribution in [0, 0.1) is 0 Å². The van der Waals surface area contributed by atoms with Crippen LogP contribution in [0.2, 0.25) is 18.1 Å². The molecule has 1 saturated heterocycles. The maximum atomic E-state index is 13.0. The molecular formula is C23H36N2O4SSi. The van der Waals surface area contributed by atoms with E-state index in [9.17, 15) is 9.90 Å². The molecule has 0 radical (unpaired) electrons. The largest absolute Gasteiger partial charge is 0.444 e. The number of ether oxygens (including phenoxy) is 1. The van der Waals surface area contributed by atoms with Crippen LogP contribution in [0.1, 0.15) is 47.1 Å². The van der Waals surface area contributed by atoms with Crippen LogP contribution in [-0.4, -0.2) is 59.8 Å². The van der Waals surface area contributed by atoms with Gasteiger partial charge in [-0.3, -0.25) is 4.90 Å². The second-order valence-corrected chi connectivity index (χ2v) is 16.6. The monoisotopic (exact) mass is 464 g/mol. The first kappa shape index (κ1) is 24.2. The number of aliphatic hydroxyl groups is 1. The molecule has 2 heterocycles. The minimum Gasteiger partial charge on any atom is -0.444 e. The molecule has 3 atom stereocenters. The standard InChI is InChI=1S/C23H36N2O4SSi/c1-22(2,3)28-21(27)25-13-18(29-31(7,8)23(4,5)6)20(26)17(25)12-15-9-10-19-16(11-15)24-14-30-19/h9-11,14,17-18,20,26H,12-13H2,1-8H3/t17-,18+,20+/m1/s1. The molecule has 31 heavy (non-hydrogen) atoms. The molecule has 0 unspecified atom stereocenters. The van der Waals surface area contributed by atoms with Crippen LogP contribution in [-0.2, 0) is 15.6 Å². The first-order valence-corrected chi connectivity index (χ1v) is 14.6. The van der Waals surface area contributed by atoms with Crippen molar-refractivity contribution < 1.29 is 19.1 Å². The zero-order valence-electron chi connectivity index (χ0n) is 19.9. The van der Waals surface area contributed by atoms with E-state index in [0.29, 0.717) is 13.0 Å². The molecule has 0 spiro atoms. The van der Waals surface area contributed by atoms with Crippen molar-refractivity contribution in [3.05, 3.63) is 29.3 Å². The SMILES string of the molecule is CC(C)(C)OC(=O)N1C[C@H](O[Si](C)(C)C(C)(C)C)[C@@H](O)[C@H]1Cc1ccc2scnc2c1. The van der Waals surface area contributed by atoms with Crippen LogP contribution in [0.25, 0.3) is 10.2 Å². The van der Waals surface area contributed by atoms with Gasteiger partial charge in [0.15, 0.2) is 8.32 Å². The first-order valence-electron chi connectivity index (χ1n) is 10.9. The molecule has 0 saturated carbocycles. The molecule has 2 aromatic rings. The van der Waals surface area contributed by atoms with Crippen molar-refractivity contribution in [3.8, 4) is 0 Å². The van der Waals surface area contributed by atoms with E-state index in [1.807, 2.05) is 44.5 Å². The van der Waals surface area contributed by atoms with Crippen LogP contribution in [0.3, 0.4) is 0 Å². The molecule has 0 aliphatic carbocycles. The summed E-state index contributed by atoms with van der Waals surface area (Å²) >= 11 is 1.60. The molecule has 1 aromatic carbocycles. The summed E-state index contributed by atoms with van der Waals surface area (Å²) in [5, 5.41) is 11.3. The quantitative estimate of drug-likeness (QED) is 0.629. The number of hydrogen-bond donors (Lipinski definition) is 1. The van der Waals surface area contributed by atoms with Crippen LogP contribution in [0.4, 0.5) is 4.79 Å². The van der Waals surface area contributed by atoms with E-state index in [1.54, 1.807) is 16.2 Å². The van der Waals surface area contributed by atoms with Crippen molar-refractivity contribution >= 4 is 36.0 Å². The number of carbonyl (C=O) groups excluding carboxylic acids is 1. The highest BCUT2D eigenvalue weighted by atomic mass is 32.1. The van der Waals surface area contributed by atoms with Gasteiger partial charge in [-0.15, -0.1) is 11.3 Å². The lowest BCUT2D eigenvalue weighted by Crippen LogP contribution is -2.47. The number of aromatic nitrogens is 1. The highest BCUT2D eigenvalue weighted by Crippen LogP contribution is 2.39. The number of aliphatic hydroxyl groups excluding tert-OH is 1. The normalized spacial score (nSPS) is 22.9. The van der Waals surface area contributed by atoms with Crippen molar-refractivity contribution in [1.29, 1.82) is 0 Å². The summed E-state index contributed by atoms with van der Waals surface area (Å²) in [6, 6.07) is 5.71. The third-order valence-electron chi connectivity index (χ3n) is 6.27. The second kappa shape index (κ2) is 8.46. The predicted octanol–water partition coefficient (Wildman–Crippen LogP) is 5.21. The molecule has 1 aliphatic heterocycles. The van der Waals surface area contributed by atoms with E-state index in [0.717, 1.165) is 15.8 Å². The summed E-state index contributed by atoms with van der Waals surface area (Å²) in [6.45, 7) is 16.7. The molecule has 1 N–H and O–H groups in total. The van der Waals surface area contributed by atoms with Gasteiger partial charge in [0.2, 0.25) is 0 Å². The Morgan fingerprint density at radius 1 is 1.26 bits per heavy atom. The minimum absolute atomic E-state index is 0.0111. The van der Waals surface area contributed by atoms with Gasteiger partial charge in [0.25, 0.3) is 0 Å². The van der Waals surface area contributed by atoms with Crippen LogP contribution in [0.5, 0.6) is 0 Å². The Kier molecular flexibility index (Phi) is 6.60. The van der Waals surface area contributed by atoms with E-state index in [1.165, 1.54) is 0 Å². The van der Waals surface area contributed by atoms with Crippen LogP contribution >= 0.6 is 11.3 Å². The number of fused-ring (bicyclic) bond motifs is 1. The molecule has 0 bridgehead atoms. The lowest BCUT2D eigenvalue weighted by atomic mass is 10.0. The fourth-order valence-electron chi connectivity index (χ4n) is 3.56. The summed E-state index contributed by atoms with van der Waals surface area (Å²) in [4.78, 5) is 19.1. The van der Waals surface area contributed by atoms with E-state index < -0.39 is 38.3 Å². The van der Waals surface area contributed by atoms with Gasteiger partial charge >= 0.3 is 6.09 Å². The Hall–Kier alpha value is -1.48. The smallest absolute Gasteiger partial charge is 0.410 e. The Morgan fingerprint density at radius 3 is 2.55 bits per heavy atom. The van der Waals surface area contributed by atoms with E-state index >= 15 is 0 Å². The fourth-order valence-corrected chi connectivity index (χ4v) is 5.55. The Bertz CT molecular complexity index is 932. The van der Waals surface area contributed by atoms with Gasteiger partial charge in [0.1, 0.15) is 11.7 Å². The molecule has 1 aromatic heterocycles. The number of benzene rings is 1. The van der Waals surface area contributed by atoms with Gasteiger partial charge in [-0.05, 0) is 63.0 Å². The van der Waals surface area contributed by atoms with Gasteiger partial charge in [0.05, 0.1) is 34.4 Å². The predicted molar refractivity (Wildman–Crippen MR) is 128 cm³/mol. The van der Waals surface area contributed by atoms with E-state index in [2.05, 4.69) is 38.8 Å².